The summed E-state index contributed by atoms with van der Waals surface area (Å²) >= 11 is 6.76. The molecular formula is C15H17ClN2O3S2. The number of carbonyl (C=O) groups excluding carboxylic acids is 1. The average molecular weight is 373 g/mol. The van der Waals surface area contributed by atoms with Gasteiger partial charge in [-0.2, -0.15) is 0 Å². The van der Waals surface area contributed by atoms with Gasteiger partial charge in [0, 0.05) is 25.7 Å². The van der Waals surface area contributed by atoms with Crippen LogP contribution < -0.4 is 9.62 Å². The molecule has 0 saturated carbocycles. The molecule has 124 valence electrons. The molecule has 0 unspecified atom stereocenters. The van der Waals surface area contributed by atoms with Crippen LogP contribution in [-0.4, -0.2) is 27.4 Å². The molecule has 23 heavy (non-hydrogen) atoms. The van der Waals surface area contributed by atoms with Crippen molar-refractivity contribution in [3.63, 3.8) is 0 Å². The van der Waals surface area contributed by atoms with E-state index in [-0.39, 0.29) is 23.2 Å². The molecule has 8 heteroatoms. The van der Waals surface area contributed by atoms with Crippen molar-refractivity contribution in [1.82, 2.24) is 4.72 Å². The number of thiophene rings is 1. The summed E-state index contributed by atoms with van der Waals surface area (Å²) in [4.78, 5) is 13.4. The minimum Gasteiger partial charge on any atom is -0.311 e. The van der Waals surface area contributed by atoms with Gasteiger partial charge in [-0.3, -0.25) is 4.79 Å². The van der Waals surface area contributed by atoms with E-state index in [1.165, 1.54) is 19.1 Å². The molecule has 0 saturated heterocycles. The Kier molecular flexibility index (Phi) is 5.80. The number of amides is 1. The van der Waals surface area contributed by atoms with Gasteiger partial charge in [0.25, 0.3) is 0 Å². The summed E-state index contributed by atoms with van der Waals surface area (Å²) in [6.45, 7) is 3.73. The minimum atomic E-state index is -3.61. The molecule has 1 aromatic carbocycles. The summed E-state index contributed by atoms with van der Waals surface area (Å²) in [7, 11) is -3.61. The highest BCUT2D eigenvalue weighted by Crippen LogP contribution is 2.25. The topological polar surface area (TPSA) is 66.5 Å². The first kappa shape index (κ1) is 17.9. The van der Waals surface area contributed by atoms with Crippen molar-refractivity contribution in [3.05, 3.63) is 46.3 Å². The maximum atomic E-state index is 12.1. The van der Waals surface area contributed by atoms with Crippen molar-refractivity contribution < 1.29 is 13.2 Å². The Bertz CT molecular complexity index is 803. The Hall–Kier alpha value is -1.41. The molecule has 5 nitrogen and oxygen atoms in total. The third kappa shape index (κ3) is 4.54. The Morgan fingerprint density at radius 3 is 2.52 bits per heavy atom. The summed E-state index contributed by atoms with van der Waals surface area (Å²) < 4.78 is 27.3. The number of para-hydroxylation sites is 1. The first-order chi connectivity index (χ1) is 10.8. The van der Waals surface area contributed by atoms with E-state index in [1.807, 2.05) is 31.2 Å². The average Bonchev–Trinajstić information content (AvgIpc) is 2.92. The summed E-state index contributed by atoms with van der Waals surface area (Å²) in [5.41, 5.74) is 1.73. The molecule has 0 atom stereocenters. The predicted octanol–water partition coefficient (Wildman–Crippen LogP) is 3.04. The Balaban J connectivity index is 2.06. The number of nitrogens with one attached hydrogen (secondary N) is 1. The number of anilines is 1. The first-order valence-electron chi connectivity index (χ1n) is 6.90. The summed E-state index contributed by atoms with van der Waals surface area (Å²) in [6, 6.07) is 10.5. The smallest absolute Gasteiger partial charge is 0.250 e. The van der Waals surface area contributed by atoms with E-state index in [2.05, 4.69) is 4.72 Å². The Labute approximate surface area is 144 Å². The molecular weight excluding hydrogens is 356 g/mol. The van der Waals surface area contributed by atoms with Crippen LogP contribution in [0.15, 0.2) is 40.6 Å². The van der Waals surface area contributed by atoms with Crippen LogP contribution in [0.3, 0.4) is 0 Å². The Morgan fingerprint density at radius 2 is 1.96 bits per heavy atom. The van der Waals surface area contributed by atoms with Gasteiger partial charge in [-0.05, 0) is 30.7 Å². The van der Waals surface area contributed by atoms with Crippen LogP contribution in [0.4, 0.5) is 5.69 Å². The number of hydrogen-bond acceptors (Lipinski definition) is 4. The van der Waals surface area contributed by atoms with Gasteiger partial charge in [0.1, 0.15) is 4.21 Å². The van der Waals surface area contributed by atoms with Crippen molar-refractivity contribution in [3.8, 4) is 0 Å². The second-order valence-electron chi connectivity index (χ2n) is 4.91. The van der Waals surface area contributed by atoms with Gasteiger partial charge in [0.2, 0.25) is 15.9 Å². The fourth-order valence-electron chi connectivity index (χ4n) is 2.12. The molecule has 1 N–H and O–H groups in total. The highest BCUT2D eigenvalue weighted by atomic mass is 35.5. The molecule has 0 aliphatic heterocycles. The summed E-state index contributed by atoms with van der Waals surface area (Å²) in [5, 5.41) is 0. The normalized spacial score (nSPS) is 11.4. The van der Waals surface area contributed by atoms with E-state index in [4.69, 9.17) is 11.6 Å². The van der Waals surface area contributed by atoms with Crippen LogP contribution in [0.1, 0.15) is 12.5 Å². The van der Waals surface area contributed by atoms with Crippen molar-refractivity contribution >= 4 is 44.6 Å². The van der Waals surface area contributed by atoms with Gasteiger partial charge >= 0.3 is 0 Å². The SMILES string of the molecule is CC(=O)N(CCNS(=O)(=O)c1ccc(Cl)s1)c1ccccc1C. The Morgan fingerprint density at radius 1 is 1.26 bits per heavy atom. The zero-order chi connectivity index (χ0) is 17.0. The monoisotopic (exact) mass is 372 g/mol. The highest BCUT2D eigenvalue weighted by Gasteiger charge is 2.18. The molecule has 0 bridgehead atoms. The molecule has 1 aromatic heterocycles. The molecule has 1 heterocycles. The predicted molar refractivity (Wildman–Crippen MR) is 93.7 cm³/mol. The number of hydrogen-bond donors (Lipinski definition) is 1. The maximum absolute atomic E-state index is 12.1. The molecule has 0 radical (unpaired) electrons. The largest absolute Gasteiger partial charge is 0.311 e. The van der Waals surface area contributed by atoms with E-state index in [9.17, 15) is 13.2 Å². The van der Waals surface area contributed by atoms with Crippen molar-refractivity contribution in [2.24, 2.45) is 0 Å². The fraction of sp³-hybridized carbons (Fsp3) is 0.267. The third-order valence-electron chi connectivity index (χ3n) is 3.23. The second kappa shape index (κ2) is 7.44. The molecule has 2 aromatic rings. The lowest BCUT2D eigenvalue weighted by atomic mass is 10.2. The van der Waals surface area contributed by atoms with Gasteiger partial charge in [-0.25, -0.2) is 13.1 Å². The van der Waals surface area contributed by atoms with Gasteiger partial charge in [-0.15, -0.1) is 11.3 Å². The number of sulfonamides is 1. The lowest BCUT2D eigenvalue weighted by Crippen LogP contribution is -2.37. The maximum Gasteiger partial charge on any atom is 0.250 e. The van der Waals surface area contributed by atoms with E-state index >= 15 is 0 Å². The van der Waals surface area contributed by atoms with Gasteiger partial charge in [0.05, 0.1) is 4.34 Å². The third-order valence-corrected chi connectivity index (χ3v) is 6.41. The number of carbonyl (C=O) groups is 1. The molecule has 0 aliphatic rings. The van der Waals surface area contributed by atoms with Crippen LogP contribution in [0.2, 0.25) is 4.34 Å². The zero-order valence-corrected chi connectivity index (χ0v) is 15.1. The van der Waals surface area contributed by atoms with E-state index in [1.54, 1.807) is 4.90 Å². The molecule has 2 rings (SSSR count). The van der Waals surface area contributed by atoms with E-state index in [0.29, 0.717) is 4.34 Å². The van der Waals surface area contributed by atoms with Crippen LogP contribution in [0, 0.1) is 6.92 Å². The lowest BCUT2D eigenvalue weighted by molar-refractivity contribution is -0.116. The number of aryl methyl sites for hydroxylation is 1. The van der Waals surface area contributed by atoms with Crippen LogP contribution >= 0.6 is 22.9 Å². The van der Waals surface area contributed by atoms with Crippen molar-refractivity contribution in [1.29, 1.82) is 0 Å². The van der Waals surface area contributed by atoms with E-state index in [0.717, 1.165) is 22.6 Å². The number of rotatable bonds is 6. The van der Waals surface area contributed by atoms with Gasteiger partial charge < -0.3 is 4.90 Å². The van der Waals surface area contributed by atoms with Gasteiger partial charge in [0.15, 0.2) is 0 Å². The first-order valence-corrected chi connectivity index (χ1v) is 9.58. The highest BCUT2D eigenvalue weighted by molar-refractivity contribution is 7.91. The molecule has 0 spiro atoms. The number of halogens is 1. The lowest BCUT2D eigenvalue weighted by Gasteiger charge is -2.23. The molecule has 0 aliphatic carbocycles. The van der Waals surface area contributed by atoms with Gasteiger partial charge in [-0.1, -0.05) is 29.8 Å². The molecule has 1 amide bonds. The van der Waals surface area contributed by atoms with Crippen molar-refractivity contribution in [2.45, 2.75) is 18.1 Å². The fourth-order valence-corrected chi connectivity index (χ4v) is 4.67. The standard InChI is InChI=1S/C15H17ClN2O3S2/c1-11-5-3-4-6-13(11)18(12(2)19)10-9-17-23(20,21)15-8-7-14(16)22-15/h3-8,17H,9-10H2,1-2H3. The van der Waals surface area contributed by atoms with Crippen molar-refractivity contribution in [2.75, 3.05) is 18.0 Å². The van der Waals surface area contributed by atoms with E-state index < -0.39 is 10.0 Å². The quantitative estimate of drug-likeness (QED) is 0.847. The summed E-state index contributed by atoms with van der Waals surface area (Å²) in [5.74, 6) is -0.141. The van der Waals surface area contributed by atoms with Crippen LogP contribution in [0.5, 0.6) is 0 Å². The molecule has 0 fully saturated rings. The minimum absolute atomic E-state index is 0.117. The van der Waals surface area contributed by atoms with Crippen LogP contribution in [-0.2, 0) is 14.8 Å². The number of benzene rings is 1. The number of nitrogens with zero attached hydrogens (tertiary/aromatic N) is 1. The zero-order valence-electron chi connectivity index (χ0n) is 12.7. The summed E-state index contributed by atoms with van der Waals surface area (Å²) in [6.07, 6.45) is 0. The van der Waals surface area contributed by atoms with Crippen LogP contribution in [0.25, 0.3) is 0 Å². The second-order valence-corrected chi connectivity index (χ2v) is 8.62.